The summed E-state index contributed by atoms with van der Waals surface area (Å²) in [6.07, 6.45) is 4.70. The van der Waals surface area contributed by atoms with E-state index in [1.807, 2.05) is 18.2 Å². The first-order valence-electron chi connectivity index (χ1n) is 7.84. The Labute approximate surface area is 148 Å². The Balaban J connectivity index is 1.62. The zero-order chi connectivity index (χ0) is 17.8. The van der Waals surface area contributed by atoms with Crippen LogP contribution in [0, 0.1) is 5.82 Å². The second kappa shape index (κ2) is 7.06. The minimum absolute atomic E-state index is 0.164. The molecule has 0 fully saturated rings. The molecule has 1 N–H and O–H groups in total. The lowest BCUT2D eigenvalue weighted by molar-refractivity contribution is 0.431. The smallest absolute Gasteiger partial charge is 0.263 e. The molecule has 3 aromatic heterocycles. The topological polar surface area (TPSA) is 89.6 Å². The molecule has 3 heterocycles. The molecule has 0 radical (unpaired) electrons. The molecular formula is C18H13FN6O. The number of benzene rings is 1. The van der Waals surface area contributed by atoms with Crippen LogP contribution < -0.4 is 5.32 Å². The maximum Gasteiger partial charge on any atom is 0.263 e. The molecule has 0 aliphatic rings. The highest BCUT2D eigenvalue weighted by Crippen LogP contribution is 2.27. The molecule has 4 rings (SSSR count). The lowest BCUT2D eigenvalue weighted by atomic mass is 10.2. The van der Waals surface area contributed by atoms with Gasteiger partial charge in [0.25, 0.3) is 5.89 Å². The Hall–Kier alpha value is -3.68. The fraction of sp³-hybridized carbons (Fsp3) is 0.0556. The van der Waals surface area contributed by atoms with E-state index in [2.05, 4.69) is 30.4 Å². The van der Waals surface area contributed by atoms with Crippen molar-refractivity contribution >= 4 is 5.82 Å². The number of hydrogen-bond donors (Lipinski definition) is 1. The standard InChI is InChI=1S/C18H13FN6O/c19-15-7-2-1-6-13(15)17-24-18(26-25-17)14-10-20-11-23-16(14)22-9-12-5-3-4-8-21-12/h1-8,10-11H,9H2,(H,20,22,23). The molecule has 0 spiro atoms. The van der Waals surface area contributed by atoms with E-state index in [1.54, 1.807) is 30.6 Å². The third-order valence-electron chi connectivity index (χ3n) is 3.65. The van der Waals surface area contributed by atoms with Gasteiger partial charge >= 0.3 is 0 Å². The summed E-state index contributed by atoms with van der Waals surface area (Å²) in [7, 11) is 0. The van der Waals surface area contributed by atoms with E-state index in [0.29, 0.717) is 17.9 Å². The summed E-state index contributed by atoms with van der Waals surface area (Å²) in [5.74, 6) is 0.469. The molecule has 0 aliphatic heterocycles. The Morgan fingerprint density at radius 1 is 1.00 bits per heavy atom. The molecule has 128 valence electrons. The van der Waals surface area contributed by atoms with Crippen LogP contribution in [-0.4, -0.2) is 25.1 Å². The molecule has 0 atom stereocenters. The number of nitrogens with one attached hydrogen (secondary N) is 1. The van der Waals surface area contributed by atoms with E-state index < -0.39 is 5.82 Å². The van der Waals surface area contributed by atoms with Gasteiger partial charge in [0.05, 0.1) is 17.8 Å². The van der Waals surface area contributed by atoms with E-state index in [1.165, 1.54) is 12.4 Å². The maximum absolute atomic E-state index is 13.9. The fourth-order valence-electron chi connectivity index (χ4n) is 2.39. The van der Waals surface area contributed by atoms with Crippen LogP contribution >= 0.6 is 0 Å². The third kappa shape index (κ3) is 3.25. The van der Waals surface area contributed by atoms with Gasteiger partial charge < -0.3 is 9.84 Å². The normalized spacial score (nSPS) is 10.7. The summed E-state index contributed by atoms with van der Waals surface area (Å²) in [5, 5.41) is 7.03. The van der Waals surface area contributed by atoms with Gasteiger partial charge in [-0.25, -0.2) is 14.4 Å². The zero-order valence-corrected chi connectivity index (χ0v) is 13.5. The van der Waals surface area contributed by atoms with Gasteiger partial charge in [0, 0.05) is 12.4 Å². The predicted molar refractivity (Wildman–Crippen MR) is 92.3 cm³/mol. The van der Waals surface area contributed by atoms with E-state index in [9.17, 15) is 4.39 Å². The molecule has 1 aromatic carbocycles. The Kier molecular flexibility index (Phi) is 4.29. The summed E-state index contributed by atoms with van der Waals surface area (Å²) in [6, 6.07) is 11.9. The second-order valence-corrected chi connectivity index (χ2v) is 5.36. The zero-order valence-electron chi connectivity index (χ0n) is 13.5. The van der Waals surface area contributed by atoms with Crippen LogP contribution in [0.2, 0.25) is 0 Å². The van der Waals surface area contributed by atoms with Crippen LogP contribution in [0.1, 0.15) is 5.69 Å². The first-order chi connectivity index (χ1) is 12.8. The van der Waals surface area contributed by atoms with Gasteiger partial charge in [-0.05, 0) is 24.3 Å². The first kappa shape index (κ1) is 15.8. The average Bonchev–Trinajstić information content (AvgIpc) is 3.17. The summed E-state index contributed by atoms with van der Waals surface area (Å²) < 4.78 is 19.2. The van der Waals surface area contributed by atoms with Crippen LogP contribution in [0.3, 0.4) is 0 Å². The summed E-state index contributed by atoms with van der Waals surface area (Å²) in [5.41, 5.74) is 1.65. The predicted octanol–water partition coefficient (Wildman–Crippen LogP) is 3.34. The number of nitrogens with zero attached hydrogens (tertiary/aromatic N) is 5. The monoisotopic (exact) mass is 348 g/mol. The van der Waals surface area contributed by atoms with Crippen molar-refractivity contribution in [1.29, 1.82) is 0 Å². The number of pyridine rings is 1. The van der Waals surface area contributed by atoms with E-state index >= 15 is 0 Å². The molecular weight excluding hydrogens is 335 g/mol. The molecule has 26 heavy (non-hydrogen) atoms. The Morgan fingerprint density at radius 3 is 2.73 bits per heavy atom. The third-order valence-corrected chi connectivity index (χ3v) is 3.65. The van der Waals surface area contributed by atoms with Crippen LogP contribution in [-0.2, 0) is 6.54 Å². The Bertz CT molecular complexity index is 1020. The largest absolute Gasteiger partial charge is 0.364 e. The lowest BCUT2D eigenvalue weighted by Gasteiger charge is -2.07. The van der Waals surface area contributed by atoms with Gasteiger partial charge in [-0.2, -0.15) is 4.98 Å². The molecule has 0 bridgehead atoms. The van der Waals surface area contributed by atoms with Gasteiger partial charge in [-0.1, -0.05) is 23.4 Å². The average molecular weight is 348 g/mol. The molecule has 7 nitrogen and oxygen atoms in total. The molecule has 0 saturated heterocycles. The van der Waals surface area contributed by atoms with E-state index in [4.69, 9.17) is 4.52 Å². The summed E-state index contributed by atoms with van der Waals surface area (Å²) >= 11 is 0. The minimum Gasteiger partial charge on any atom is -0.364 e. The van der Waals surface area contributed by atoms with Gasteiger partial charge in [0.2, 0.25) is 5.82 Å². The van der Waals surface area contributed by atoms with Crippen molar-refractivity contribution in [2.75, 3.05) is 5.32 Å². The molecule has 8 heteroatoms. The number of halogens is 1. The minimum atomic E-state index is -0.419. The highest BCUT2D eigenvalue weighted by molar-refractivity contribution is 5.69. The van der Waals surface area contributed by atoms with Gasteiger partial charge in [-0.15, -0.1) is 0 Å². The SMILES string of the molecule is Fc1ccccc1-c1noc(-c2cncnc2NCc2ccccn2)n1. The van der Waals surface area contributed by atoms with Gasteiger partial charge in [0.15, 0.2) is 0 Å². The summed E-state index contributed by atoms with van der Waals surface area (Å²) in [6.45, 7) is 0.471. The van der Waals surface area contributed by atoms with E-state index in [0.717, 1.165) is 5.69 Å². The molecule has 4 aromatic rings. The number of hydrogen-bond acceptors (Lipinski definition) is 7. The van der Waals surface area contributed by atoms with Crippen LogP contribution in [0.15, 0.2) is 65.7 Å². The molecule has 0 amide bonds. The van der Waals surface area contributed by atoms with Crippen molar-refractivity contribution in [3.63, 3.8) is 0 Å². The van der Waals surface area contributed by atoms with E-state index in [-0.39, 0.29) is 17.3 Å². The highest BCUT2D eigenvalue weighted by Gasteiger charge is 2.17. The maximum atomic E-state index is 13.9. The molecule has 0 aliphatic carbocycles. The number of rotatable bonds is 5. The fourth-order valence-corrected chi connectivity index (χ4v) is 2.39. The van der Waals surface area contributed by atoms with Crippen molar-refractivity contribution in [3.05, 3.63) is 72.7 Å². The van der Waals surface area contributed by atoms with Crippen molar-refractivity contribution in [1.82, 2.24) is 25.1 Å². The first-order valence-corrected chi connectivity index (χ1v) is 7.84. The quantitative estimate of drug-likeness (QED) is 0.591. The molecule has 0 saturated carbocycles. The van der Waals surface area contributed by atoms with Crippen LogP contribution in [0.25, 0.3) is 22.8 Å². The second-order valence-electron chi connectivity index (χ2n) is 5.36. The Morgan fingerprint density at radius 2 is 1.88 bits per heavy atom. The van der Waals surface area contributed by atoms with Crippen molar-refractivity contribution in [3.8, 4) is 22.8 Å². The highest BCUT2D eigenvalue weighted by atomic mass is 19.1. The van der Waals surface area contributed by atoms with Crippen molar-refractivity contribution < 1.29 is 8.91 Å². The number of anilines is 1. The summed E-state index contributed by atoms with van der Waals surface area (Å²) in [4.78, 5) is 16.8. The number of aromatic nitrogens is 5. The van der Waals surface area contributed by atoms with Crippen molar-refractivity contribution in [2.45, 2.75) is 6.54 Å². The van der Waals surface area contributed by atoms with Crippen LogP contribution in [0.5, 0.6) is 0 Å². The van der Waals surface area contributed by atoms with Crippen LogP contribution in [0.4, 0.5) is 10.2 Å². The molecule has 0 unspecified atom stereocenters. The van der Waals surface area contributed by atoms with Crippen molar-refractivity contribution in [2.24, 2.45) is 0 Å². The van der Waals surface area contributed by atoms with Gasteiger partial charge in [0.1, 0.15) is 23.5 Å². The lowest BCUT2D eigenvalue weighted by Crippen LogP contribution is -2.04. The van der Waals surface area contributed by atoms with Gasteiger partial charge in [-0.3, -0.25) is 4.98 Å².